The molecule has 0 aromatic heterocycles. The minimum absolute atomic E-state index is 0.0772. The fourth-order valence-corrected chi connectivity index (χ4v) is 3.45. The van der Waals surface area contributed by atoms with Gasteiger partial charge in [0.1, 0.15) is 11.6 Å². The number of rotatable bonds is 5. The van der Waals surface area contributed by atoms with E-state index in [4.69, 9.17) is 0 Å². The Labute approximate surface area is 175 Å². The second-order valence-electron chi connectivity index (χ2n) is 7.66. The van der Waals surface area contributed by atoms with Crippen LogP contribution in [0.5, 0.6) is 0 Å². The van der Waals surface area contributed by atoms with Gasteiger partial charge in [0.05, 0.1) is 4.92 Å². The molecule has 0 radical (unpaired) electrons. The molecule has 0 bridgehead atoms. The molecule has 2 aromatic rings. The minimum atomic E-state index is -0.550. The second kappa shape index (κ2) is 9.23. The molecular formula is C23H24N4O3. The molecule has 3 rings (SSSR count). The summed E-state index contributed by atoms with van der Waals surface area (Å²) in [6, 6.07) is 13.8. The van der Waals surface area contributed by atoms with Crippen molar-refractivity contribution >= 4 is 29.0 Å². The highest BCUT2D eigenvalue weighted by atomic mass is 16.6. The third-order valence-corrected chi connectivity index (χ3v) is 5.32. The molecule has 0 unspecified atom stereocenters. The lowest BCUT2D eigenvalue weighted by atomic mass is 9.97. The summed E-state index contributed by atoms with van der Waals surface area (Å²) in [6.07, 6.45) is 3.49. The zero-order valence-electron chi connectivity index (χ0n) is 17.1. The Morgan fingerprint density at radius 2 is 1.90 bits per heavy atom. The van der Waals surface area contributed by atoms with E-state index in [0.717, 1.165) is 37.2 Å². The number of nitro benzene ring substituents is 1. The Morgan fingerprint density at radius 1 is 1.23 bits per heavy atom. The minimum Gasteiger partial charge on any atom is -0.371 e. The van der Waals surface area contributed by atoms with E-state index in [1.54, 1.807) is 18.2 Å². The molecule has 30 heavy (non-hydrogen) atoms. The summed E-state index contributed by atoms with van der Waals surface area (Å²) in [5.41, 5.74) is 2.74. The molecule has 2 aromatic carbocycles. The monoisotopic (exact) mass is 404 g/mol. The van der Waals surface area contributed by atoms with E-state index in [1.165, 1.54) is 18.2 Å². The van der Waals surface area contributed by atoms with E-state index >= 15 is 0 Å². The topological polar surface area (TPSA) is 99.3 Å². The fraction of sp³-hybridized carbons (Fsp3) is 0.304. The standard InChI is InChI=1S/C23H24N4O3/c1-16-3-5-20(6-4-16)25-23(28)19(15-24)13-18-14-21(27(29)30)7-8-22(18)26-11-9-17(2)10-12-26/h3-8,13-14,17H,9-12H2,1-2H3,(H,25,28)/b19-13+. The van der Waals surface area contributed by atoms with Gasteiger partial charge in [-0.3, -0.25) is 14.9 Å². The first-order valence-corrected chi connectivity index (χ1v) is 9.90. The predicted molar refractivity (Wildman–Crippen MR) is 117 cm³/mol. The molecule has 0 saturated carbocycles. The SMILES string of the molecule is Cc1ccc(NC(=O)/C(C#N)=C/c2cc([N+](=O)[O-])ccc2N2CCC(C)CC2)cc1. The molecule has 7 heteroatoms. The highest BCUT2D eigenvalue weighted by Gasteiger charge is 2.21. The third-order valence-electron chi connectivity index (χ3n) is 5.32. The van der Waals surface area contributed by atoms with Gasteiger partial charge in [-0.1, -0.05) is 24.6 Å². The van der Waals surface area contributed by atoms with E-state index in [1.807, 2.05) is 25.1 Å². The van der Waals surface area contributed by atoms with Gasteiger partial charge >= 0.3 is 0 Å². The lowest BCUT2D eigenvalue weighted by molar-refractivity contribution is -0.384. The van der Waals surface area contributed by atoms with E-state index < -0.39 is 10.8 Å². The average Bonchev–Trinajstić information content (AvgIpc) is 2.74. The number of aryl methyl sites for hydroxylation is 1. The molecule has 0 spiro atoms. The number of nitrogens with zero attached hydrogens (tertiary/aromatic N) is 3. The summed E-state index contributed by atoms with van der Waals surface area (Å²) in [6.45, 7) is 5.81. The Morgan fingerprint density at radius 3 is 2.50 bits per heavy atom. The number of benzene rings is 2. The van der Waals surface area contributed by atoms with Crippen molar-refractivity contribution in [2.45, 2.75) is 26.7 Å². The van der Waals surface area contributed by atoms with Crippen molar-refractivity contribution in [2.24, 2.45) is 5.92 Å². The molecule has 0 aliphatic carbocycles. The van der Waals surface area contributed by atoms with Crippen LogP contribution < -0.4 is 10.2 Å². The van der Waals surface area contributed by atoms with Crippen molar-refractivity contribution < 1.29 is 9.72 Å². The summed E-state index contributed by atoms with van der Waals surface area (Å²) in [7, 11) is 0. The van der Waals surface area contributed by atoms with Crippen LogP contribution in [0.3, 0.4) is 0 Å². The van der Waals surface area contributed by atoms with Crippen LogP contribution in [0.25, 0.3) is 6.08 Å². The fourth-order valence-electron chi connectivity index (χ4n) is 3.45. The first-order chi connectivity index (χ1) is 14.4. The van der Waals surface area contributed by atoms with Crippen LogP contribution in [-0.4, -0.2) is 23.9 Å². The molecule has 0 atom stereocenters. The van der Waals surface area contributed by atoms with Crippen LogP contribution >= 0.6 is 0 Å². The molecule has 1 N–H and O–H groups in total. The van der Waals surface area contributed by atoms with Crippen molar-refractivity contribution in [1.82, 2.24) is 0 Å². The maximum Gasteiger partial charge on any atom is 0.270 e. The van der Waals surface area contributed by atoms with Crippen molar-refractivity contribution in [3.05, 3.63) is 69.3 Å². The average molecular weight is 404 g/mol. The summed E-state index contributed by atoms with van der Waals surface area (Å²) in [4.78, 5) is 25.6. The number of nitro groups is 1. The number of amides is 1. The smallest absolute Gasteiger partial charge is 0.270 e. The third kappa shape index (κ3) is 5.03. The largest absolute Gasteiger partial charge is 0.371 e. The Kier molecular flexibility index (Phi) is 6.48. The molecule has 154 valence electrons. The van der Waals surface area contributed by atoms with Crippen LogP contribution in [0.2, 0.25) is 0 Å². The number of nitriles is 1. The second-order valence-corrected chi connectivity index (χ2v) is 7.66. The highest BCUT2D eigenvalue weighted by Crippen LogP contribution is 2.31. The number of carbonyl (C=O) groups is 1. The number of anilines is 2. The zero-order valence-corrected chi connectivity index (χ0v) is 17.1. The van der Waals surface area contributed by atoms with E-state index in [2.05, 4.69) is 17.1 Å². The van der Waals surface area contributed by atoms with Crippen LogP contribution in [0.15, 0.2) is 48.0 Å². The Balaban J connectivity index is 1.93. The van der Waals surface area contributed by atoms with Gasteiger partial charge in [-0.05, 0) is 50.0 Å². The zero-order chi connectivity index (χ0) is 21.7. The van der Waals surface area contributed by atoms with Crippen molar-refractivity contribution in [3.8, 4) is 6.07 Å². The number of carbonyl (C=O) groups excluding carboxylic acids is 1. The number of hydrogen-bond acceptors (Lipinski definition) is 5. The quantitative estimate of drug-likeness (QED) is 0.337. The Hall–Kier alpha value is -3.66. The lowest BCUT2D eigenvalue weighted by Gasteiger charge is -2.33. The van der Waals surface area contributed by atoms with Gasteiger partial charge in [-0.15, -0.1) is 0 Å². The Bertz CT molecular complexity index is 1010. The first kappa shape index (κ1) is 21.1. The molecular weight excluding hydrogens is 380 g/mol. The van der Waals surface area contributed by atoms with Gasteiger partial charge in [0.25, 0.3) is 11.6 Å². The van der Waals surface area contributed by atoms with E-state index in [0.29, 0.717) is 17.2 Å². The summed E-state index contributed by atoms with van der Waals surface area (Å²) in [5.74, 6) is 0.0827. The molecule has 1 heterocycles. The van der Waals surface area contributed by atoms with Gasteiger partial charge in [0, 0.05) is 42.2 Å². The number of nitrogens with one attached hydrogen (secondary N) is 1. The van der Waals surface area contributed by atoms with Crippen molar-refractivity contribution in [3.63, 3.8) is 0 Å². The molecule has 1 amide bonds. The predicted octanol–water partition coefficient (Wildman–Crippen LogP) is 4.69. The lowest BCUT2D eigenvalue weighted by Crippen LogP contribution is -2.33. The summed E-state index contributed by atoms with van der Waals surface area (Å²) >= 11 is 0. The first-order valence-electron chi connectivity index (χ1n) is 9.90. The van der Waals surface area contributed by atoms with Crippen LogP contribution in [0, 0.1) is 34.3 Å². The van der Waals surface area contributed by atoms with Gasteiger partial charge < -0.3 is 10.2 Å². The molecule has 1 fully saturated rings. The normalized spacial score (nSPS) is 14.8. The number of non-ortho nitro benzene ring substituents is 1. The molecule has 1 aliphatic rings. The van der Waals surface area contributed by atoms with E-state index in [-0.39, 0.29) is 11.3 Å². The molecule has 7 nitrogen and oxygen atoms in total. The van der Waals surface area contributed by atoms with Crippen LogP contribution in [-0.2, 0) is 4.79 Å². The van der Waals surface area contributed by atoms with Gasteiger partial charge in [-0.25, -0.2) is 0 Å². The molecule has 1 saturated heterocycles. The van der Waals surface area contributed by atoms with Crippen molar-refractivity contribution in [1.29, 1.82) is 5.26 Å². The maximum absolute atomic E-state index is 12.6. The maximum atomic E-state index is 12.6. The summed E-state index contributed by atoms with van der Waals surface area (Å²) in [5, 5.41) is 23.5. The summed E-state index contributed by atoms with van der Waals surface area (Å²) < 4.78 is 0. The van der Waals surface area contributed by atoms with Gasteiger partial charge in [0.2, 0.25) is 0 Å². The van der Waals surface area contributed by atoms with Crippen LogP contribution in [0.1, 0.15) is 30.9 Å². The highest BCUT2D eigenvalue weighted by molar-refractivity contribution is 6.10. The van der Waals surface area contributed by atoms with Gasteiger partial charge in [0.15, 0.2) is 0 Å². The number of hydrogen-bond donors (Lipinski definition) is 1. The molecule has 1 aliphatic heterocycles. The van der Waals surface area contributed by atoms with Gasteiger partial charge in [-0.2, -0.15) is 5.26 Å². The van der Waals surface area contributed by atoms with Crippen molar-refractivity contribution in [2.75, 3.05) is 23.3 Å². The van der Waals surface area contributed by atoms with E-state index in [9.17, 15) is 20.2 Å². The van der Waals surface area contributed by atoms with Crippen LogP contribution in [0.4, 0.5) is 17.1 Å². The number of piperidine rings is 1.